The first-order valence-electron chi connectivity index (χ1n) is 27.8. The number of halogens is 3. The number of urea groups is 1. The van der Waals surface area contributed by atoms with Gasteiger partial charge in [0.2, 0.25) is 23.6 Å². The highest BCUT2D eigenvalue weighted by molar-refractivity contribution is 5.98. The number of aliphatic hydroxyl groups excluding tert-OH is 3. The molecule has 21 nitrogen and oxygen atoms in total. The monoisotopic (exact) mass is 1150 g/mol. The van der Waals surface area contributed by atoms with Gasteiger partial charge in [0.15, 0.2) is 0 Å². The SMILES string of the molecule is CC(C)C(NC(=O)CCCCCN1C(=O)C=CC1O)C(=O)NC(CCCNC(N)=O)C(=O)Nc1ccc(COC(=O)NC(CF)CCN(C(O)C(C)O)C(c2nc(-c3cc(F)ccc3F)cn2Cc2ccccc2)C2CCOCC2)cc1. The average molecular weight is 1150 g/mol. The number of aromatic nitrogens is 2. The molecule has 3 aromatic carbocycles. The molecule has 1 aromatic heterocycles. The van der Waals surface area contributed by atoms with Crippen molar-refractivity contribution in [2.45, 2.75) is 134 Å². The van der Waals surface area contributed by atoms with Crippen molar-refractivity contribution in [2.24, 2.45) is 17.6 Å². The van der Waals surface area contributed by atoms with Gasteiger partial charge in [-0.15, -0.1) is 0 Å². The van der Waals surface area contributed by atoms with Gasteiger partial charge < -0.3 is 66.6 Å². The van der Waals surface area contributed by atoms with Crippen molar-refractivity contribution in [3.63, 3.8) is 0 Å². The van der Waals surface area contributed by atoms with Crippen LogP contribution >= 0.6 is 0 Å². The number of nitrogens with one attached hydrogen (secondary N) is 5. The fourth-order valence-corrected chi connectivity index (χ4v) is 9.85. The van der Waals surface area contributed by atoms with Crippen molar-refractivity contribution in [3.8, 4) is 11.3 Å². The van der Waals surface area contributed by atoms with Gasteiger partial charge in [0.25, 0.3) is 0 Å². The molecule has 2 aliphatic heterocycles. The van der Waals surface area contributed by atoms with Crippen LogP contribution in [0.1, 0.15) is 102 Å². The number of hydrogen-bond acceptors (Lipinski definition) is 13. The van der Waals surface area contributed by atoms with E-state index in [0.29, 0.717) is 68.9 Å². The zero-order chi connectivity index (χ0) is 59.3. The number of primary amides is 1. The molecule has 0 spiro atoms. The number of benzene rings is 3. The predicted molar refractivity (Wildman–Crippen MR) is 297 cm³/mol. The van der Waals surface area contributed by atoms with E-state index in [-0.39, 0.29) is 86.8 Å². The number of carbonyl (C=O) groups is 6. The lowest BCUT2D eigenvalue weighted by molar-refractivity contribution is -0.132. The molecule has 0 bridgehead atoms. The van der Waals surface area contributed by atoms with Crippen molar-refractivity contribution in [3.05, 3.63) is 120 Å². The number of amides is 7. The number of rotatable bonds is 31. The molecule has 6 rings (SSSR count). The summed E-state index contributed by atoms with van der Waals surface area (Å²) in [6.45, 7) is 5.01. The lowest BCUT2D eigenvalue weighted by Gasteiger charge is -2.42. The Morgan fingerprint density at radius 2 is 1.62 bits per heavy atom. The van der Waals surface area contributed by atoms with Gasteiger partial charge >= 0.3 is 12.1 Å². The Hall–Kier alpha value is -7.38. The Labute approximate surface area is 475 Å². The summed E-state index contributed by atoms with van der Waals surface area (Å²) >= 11 is 0. The molecule has 2 aliphatic rings. The molecule has 7 atom stereocenters. The second-order valence-electron chi connectivity index (χ2n) is 21.0. The number of nitrogens with two attached hydrogens (primary N) is 1. The standard InChI is InChI=1S/C58H77F3N10O11/c1-36(2)51(68-48(73)14-8-5-9-27-70-49(74)21-22-50(70)75)55(77)67-46(13-10-26-63-57(62)79)54(76)64-42-18-15-39(16-19-42)35-82-58(80)65-43(32-59)23-28-71(56(78)37(3)72)52(40-24-29-81-30-25-40)53-66-47(44-31-41(60)17-20-45(44)61)34-69(53)33-38-11-6-4-7-12-38/h4,6-7,11-12,15-22,31,34,36-37,40,43,46,49,51-52,56,72,74,78H,5,8-10,13-14,23-30,32-33,35H2,1-3H3,(H,64,76)(H,65,80)(H,67,77)(H,68,73)(H3,62,63,79). The van der Waals surface area contributed by atoms with Crippen LogP contribution < -0.4 is 32.3 Å². The van der Waals surface area contributed by atoms with Crippen LogP contribution in [0.25, 0.3) is 11.3 Å². The summed E-state index contributed by atoms with van der Waals surface area (Å²) in [4.78, 5) is 84.6. The average Bonchev–Trinajstić information content (AvgIpc) is 3.76. The second-order valence-corrected chi connectivity index (χ2v) is 21.0. The van der Waals surface area contributed by atoms with Crippen LogP contribution in [0, 0.1) is 23.5 Å². The molecule has 24 heteroatoms. The molecule has 82 heavy (non-hydrogen) atoms. The Morgan fingerprint density at radius 3 is 2.28 bits per heavy atom. The van der Waals surface area contributed by atoms with E-state index >= 15 is 4.39 Å². The molecule has 7 unspecified atom stereocenters. The van der Waals surface area contributed by atoms with Crippen LogP contribution in [0.4, 0.5) is 28.4 Å². The molecule has 0 radical (unpaired) electrons. The number of nitrogens with zero attached hydrogens (tertiary/aromatic N) is 4. The first-order valence-corrected chi connectivity index (χ1v) is 27.8. The van der Waals surface area contributed by atoms with Gasteiger partial charge in [0, 0.05) is 69.3 Å². The maximum Gasteiger partial charge on any atom is 0.407 e. The lowest BCUT2D eigenvalue weighted by atomic mass is 9.89. The minimum Gasteiger partial charge on any atom is -0.445 e. The molecule has 1 saturated heterocycles. The highest BCUT2D eigenvalue weighted by Gasteiger charge is 2.39. The number of alkyl carbamates (subject to hydrolysis) is 1. The molecule has 0 saturated carbocycles. The summed E-state index contributed by atoms with van der Waals surface area (Å²) in [5.41, 5.74) is 6.98. The predicted octanol–water partition coefficient (Wildman–Crippen LogP) is 5.29. The number of hydrogen-bond donors (Lipinski definition) is 9. The molecular weight excluding hydrogens is 1070 g/mol. The molecule has 10 N–H and O–H groups in total. The number of aliphatic hydroxyl groups is 3. The van der Waals surface area contributed by atoms with E-state index in [4.69, 9.17) is 20.2 Å². The highest BCUT2D eigenvalue weighted by atomic mass is 19.1. The molecule has 7 amide bonds. The third kappa shape index (κ3) is 19.1. The largest absolute Gasteiger partial charge is 0.445 e. The third-order valence-corrected chi connectivity index (χ3v) is 14.3. The van der Waals surface area contributed by atoms with E-state index in [9.17, 15) is 52.9 Å². The van der Waals surface area contributed by atoms with Crippen molar-refractivity contribution in [2.75, 3.05) is 44.8 Å². The molecule has 1 fully saturated rings. The van der Waals surface area contributed by atoms with Gasteiger partial charge in [-0.25, -0.2) is 27.7 Å². The Morgan fingerprint density at radius 1 is 0.890 bits per heavy atom. The van der Waals surface area contributed by atoms with Gasteiger partial charge in [-0.3, -0.25) is 24.1 Å². The number of carbonyl (C=O) groups excluding carboxylic acids is 6. The summed E-state index contributed by atoms with van der Waals surface area (Å²) < 4.78 is 57.7. The van der Waals surface area contributed by atoms with Crippen molar-refractivity contribution in [1.82, 2.24) is 40.6 Å². The molecule has 4 aromatic rings. The van der Waals surface area contributed by atoms with E-state index in [2.05, 4.69) is 26.6 Å². The van der Waals surface area contributed by atoms with Crippen LogP contribution in [0.3, 0.4) is 0 Å². The number of ether oxygens (including phenoxy) is 2. The quantitative estimate of drug-likeness (QED) is 0.0229. The molecule has 0 aliphatic carbocycles. The first kappa shape index (κ1) is 63.8. The summed E-state index contributed by atoms with van der Waals surface area (Å²) in [7, 11) is 0. The van der Waals surface area contributed by atoms with Crippen LogP contribution in [0.5, 0.6) is 0 Å². The van der Waals surface area contributed by atoms with Gasteiger partial charge in [-0.05, 0) is 111 Å². The zero-order valence-corrected chi connectivity index (χ0v) is 46.5. The van der Waals surface area contributed by atoms with Gasteiger partial charge in [0.05, 0.1) is 23.9 Å². The van der Waals surface area contributed by atoms with Crippen LogP contribution in [-0.4, -0.2) is 147 Å². The van der Waals surface area contributed by atoms with Gasteiger partial charge in [0.1, 0.15) is 55.3 Å². The smallest absolute Gasteiger partial charge is 0.407 e. The lowest BCUT2D eigenvalue weighted by Crippen LogP contribution is -2.54. The zero-order valence-electron chi connectivity index (χ0n) is 46.5. The van der Waals surface area contributed by atoms with E-state index in [1.807, 2.05) is 30.3 Å². The number of anilines is 1. The van der Waals surface area contributed by atoms with Crippen LogP contribution in [-0.2, 0) is 41.8 Å². The Balaban J connectivity index is 1.07. The third-order valence-electron chi connectivity index (χ3n) is 14.3. The topological polar surface area (TPSA) is 292 Å². The molecule has 446 valence electrons. The van der Waals surface area contributed by atoms with Gasteiger partial charge in [-0.1, -0.05) is 62.7 Å². The molecule has 3 heterocycles. The summed E-state index contributed by atoms with van der Waals surface area (Å²) in [5.74, 6) is -3.43. The van der Waals surface area contributed by atoms with Crippen molar-refractivity contribution < 1.29 is 66.7 Å². The fraction of sp³-hybridized carbons (Fsp3) is 0.500. The summed E-state index contributed by atoms with van der Waals surface area (Å²) in [6.07, 6.45) is 2.61. The Kier molecular flexibility index (Phi) is 24.7. The minimum absolute atomic E-state index is 0.0686. The van der Waals surface area contributed by atoms with E-state index in [0.717, 1.165) is 23.8 Å². The normalized spacial score (nSPS) is 16.7. The van der Waals surface area contributed by atoms with Crippen LogP contribution in [0.2, 0.25) is 0 Å². The number of alkyl halides is 1. The second kappa shape index (κ2) is 31.7. The summed E-state index contributed by atoms with van der Waals surface area (Å²) in [6, 6.07) is 14.0. The highest BCUT2D eigenvalue weighted by Crippen LogP contribution is 2.38. The number of imidazole rings is 1. The maximum atomic E-state index is 15.3. The first-order chi connectivity index (χ1) is 39.3. The van der Waals surface area contributed by atoms with E-state index < -0.39 is 85.0 Å². The maximum absolute atomic E-state index is 15.3. The fourth-order valence-electron chi connectivity index (χ4n) is 9.85. The van der Waals surface area contributed by atoms with Crippen molar-refractivity contribution >= 4 is 41.4 Å². The van der Waals surface area contributed by atoms with E-state index in [1.165, 1.54) is 24.0 Å². The molecular formula is C58H77F3N10O11. The summed E-state index contributed by atoms with van der Waals surface area (Å²) in [5, 5.41) is 45.8. The number of unbranched alkanes of at least 4 members (excludes halogenated alkanes) is 2. The van der Waals surface area contributed by atoms with E-state index in [1.54, 1.807) is 53.8 Å². The Bertz CT molecular complexity index is 2770. The van der Waals surface area contributed by atoms with Crippen LogP contribution in [0.15, 0.2) is 91.1 Å². The van der Waals surface area contributed by atoms with Crippen molar-refractivity contribution in [1.29, 1.82) is 0 Å². The minimum atomic E-state index is -1.51. The van der Waals surface area contributed by atoms with Gasteiger partial charge in [-0.2, -0.15) is 0 Å².